The molecule has 0 aliphatic carbocycles. The minimum atomic E-state index is -0.0159. The highest BCUT2D eigenvalue weighted by atomic mass is 16.5. The number of hydrogen-bond donors (Lipinski definition) is 1. The molecule has 1 aliphatic heterocycles. The fourth-order valence-electron chi connectivity index (χ4n) is 2.87. The smallest absolute Gasteiger partial charge is 0.156 e. The van der Waals surface area contributed by atoms with Crippen molar-refractivity contribution in [3.05, 3.63) is 35.7 Å². The van der Waals surface area contributed by atoms with E-state index in [0.29, 0.717) is 0 Å². The second kappa shape index (κ2) is 6.89. The number of pyridine rings is 1. The zero-order valence-electron chi connectivity index (χ0n) is 15.0. The van der Waals surface area contributed by atoms with Crippen LogP contribution in [0, 0.1) is 6.92 Å². The van der Waals surface area contributed by atoms with E-state index in [2.05, 4.69) is 45.8 Å². The molecule has 24 heavy (non-hydrogen) atoms. The van der Waals surface area contributed by atoms with Gasteiger partial charge in [0.25, 0.3) is 0 Å². The summed E-state index contributed by atoms with van der Waals surface area (Å²) in [7, 11) is 0. The number of nitrogens with zero attached hydrogens (tertiary/aromatic N) is 4. The third kappa shape index (κ3) is 4.12. The third-order valence-corrected chi connectivity index (χ3v) is 4.37. The van der Waals surface area contributed by atoms with Gasteiger partial charge in [0.2, 0.25) is 0 Å². The minimum absolute atomic E-state index is 0.0159. The lowest BCUT2D eigenvalue weighted by Crippen LogP contribution is -2.38. The highest BCUT2D eigenvalue weighted by Gasteiger charge is 2.23. The first-order valence-electron chi connectivity index (χ1n) is 8.63. The first-order valence-corrected chi connectivity index (χ1v) is 8.63. The van der Waals surface area contributed by atoms with Gasteiger partial charge < -0.3 is 4.74 Å². The first-order chi connectivity index (χ1) is 11.4. The van der Waals surface area contributed by atoms with Crippen molar-refractivity contribution < 1.29 is 4.74 Å². The van der Waals surface area contributed by atoms with E-state index in [4.69, 9.17) is 4.74 Å². The zero-order valence-corrected chi connectivity index (χ0v) is 15.0. The van der Waals surface area contributed by atoms with E-state index >= 15 is 0 Å². The number of H-pyrrole nitrogens is 1. The van der Waals surface area contributed by atoms with Gasteiger partial charge in [-0.1, -0.05) is 20.8 Å². The molecule has 130 valence electrons. The molecule has 2 aromatic heterocycles. The Morgan fingerprint density at radius 2 is 2.04 bits per heavy atom. The Bertz CT molecular complexity index is 668. The number of piperidine rings is 1. The van der Waals surface area contributed by atoms with Crippen molar-refractivity contribution >= 4 is 0 Å². The molecule has 1 saturated heterocycles. The van der Waals surface area contributed by atoms with Crippen LogP contribution in [0.1, 0.15) is 50.8 Å². The number of ether oxygens (including phenoxy) is 1. The van der Waals surface area contributed by atoms with Crippen molar-refractivity contribution in [2.24, 2.45) is 0 Å². The SMILES string of the molecule is Cc1cnccc1OC1CCN(Cc2nc(C(C)(C)C)n[nH]2)CC1. The van der Waals surface area contributed by atoms with E-state index in [1.807, 2.05) is 19.2 Å². The normalized spacial score (nSPS) is 17.2. The monoisotopic (exact) mass is 329 g/mol. The number of nitrogens with one attached hydrogen (secondary N) is 1. The number of aromatic amines is 1. The van der Waals surface area contributed by atoms with E-state index in [0.717, 1.165) is 55.4 Å². The molecular weight excluding hydrogens is 302 g/mol. The van der Waals surface area contributed by atoms with Crippen LogP contribution < -0.4 is 4.74 Å². The lowest BCUT2D eigenvalue weighted by molar-refractivity contribution is 0.0948. The van der Waals surface area contributed by atoms with Crippen molar-refractivity contribution in [1.29, 1.82) is 0 Å². The van der Waals surface area contributed by atoms with Crippen LogP contribution in [0.3, 0.4) is 0 Å². The van der Waals surface area contributed by atoms with Gasteiger partial charge in [-0.3, -0.25) is 15.0 Å². The largest absolute Gasteiger partial charge is 0.490 e. The summed E-state index contributed by atoms with van der Waals surface area (Å²) in [5.41, 5.74) is 1.08. The topological polar surface area (TPSA) is 66.9 Å². The first kappa shape index (κ1) is 16.9. The summed E-state index contributed by atoms with van der Waals surface area (Å²) in [5, 5.41) is 7.42. The van der Waals surface area contributed by atoms with Gasteiger partial charge in [0.15, 0.2) is 5.82 Å². The average molecular weight is 329 g/mol. The highest BCUT2D eigenvalue weighted by Crippen LogP contribution is 2.22. The van der Waals surface area contributed by atoms with Gasteiger partial charge in [-0.05, 0) is 25.8 Å². The van der Waals surface area contributed by atoms with Gasteiger partial charge in [0.05, 0.1) is 6.54 Å². The molecule has 1 N–H and O–H groups in total. The predicted octanol–water partition coefficient (Wildman–Crippen LogP) is 2.85. The molecule has 0 radical (unpaired) electrons. The zero-order chi connectivity index (χ0) is 17.2. The Balaban J connectivity index is 1.50. The van der Waals surface area contributed by atoms with Crippen LogP contribution in [-0.4, -0.2) is 44.3 Å². The van der Waals surface area contributed by atoms with E-state index < -0.39 is 0 Å². The van der Waals surface area contributed by atoms with Crippen LogP contribution >= 0.6 is 0 Å². The molecule has 2 aromatic rings. The van der Waals surface area contributed by atoms with Crippen LogP contribution in [0.2, 0.25) is 0 Å². The summed E-state index contributed by atoms with van der Waals surface area (Å²) in [5.74, 6) is 2.78. The quantitative estimate of drug-likeness (QED) is 0.934. The number of rotatable bonds is 4. The van der Waals surface area contributed by atoms with Gasteiger partial charge >= 0.3 is 0 Å². The molecule has 6 nitrogen and oxygen atoms in total. The maximum atomic E-state index is 6.13. The Hall–Kier alpha value is -1.95. The molecule has 0 unspecified atom stereocenters. The van der Waals surface area contributed by atoms with E-state index in [1.165, 1.54) is 0 Å². The van der Waals surface area contributed by atoms with Crippen LogP contribution in [0.4, 0.5) is 0 Å². The average Bonchev–Trinajstić information content (AvgIpc) is 3.00. The van der Waals surface area contributed by atoms with Crippen molar-refractivity contribution in [3.63, 3.8) is 0 Å². The molecule has 0 atom stereocenters. The summed E-state index contributed by atoms with van der Waals surface area (Å²) in [6, 6.07) is 1.95. The summed E-state index contributed by atoms with van der Waals surface area (Å²) >= 11 is 0. The Morgan fingerprint density at radius 3 is 2.67 bits per heavy atom. The minimum Gasteiger partial charge on any atom is -0.490 e. The maximum absolute atomic E-state index is 6.13. The fraction of sp³-hybridized carbons (Fsp3) is 0.611. The molecule has 0 spiro atoms. The van der Waals surface area contributed by atoms with Gasteiger partial charge in [0, 0.05) is 36.5 Å². The molecule has 3 rings (SSSR count). The third-order valence-electron chi connectivity index (χ3n) is 4.37. The second-order valence-electron chi connectivity index (χ2n) is 7.59. The molecule has 0 saturated carbocycles. The van der Waals surface area contributed by atoms with Crippen molar-refractivity contribution in [3.8, 4) is 5.75 Å². The molecule has 0 bridgehead atoms. The molecular formula is C18H27N5O. The molecule has 0 amide bonds. The Kier molecular flexibility index (Phi) is 4.85. The van der Waals surface area contributed by atoms with E-state index in [-0.39, 0.29) is 11.5 Å². The molecule has 6 heteroatoms. The number of aromatic nitrogens is 4. The van der Waals surface area contributed by atoms with E-state index in [9.17, 15) is 0 Å². The summed E-state index contributed by atoms with van der Waals surface area (Å²) in [6.45, 7) is 11.3. The number of likely N-dealkylation sites (tertiary alicyclic amines) is 1. The summed E-state index contributed by atoms with van der Waals surface area (Å²) in [4.78, 5) is 11.1. The molecule has 3 heterocycles. The van der Waals surface area contributed by atoms with Crippen LogP contribution in [0.15, 0.2) is 18.5 Å². The molecule has 1 fully saturated rings. The van der Waals surface area contributed by atoms with E-state index in [1.54, 1.807) is 6.20 Å². The predicted molar refractivity (Wildman–Crippen MR) is 93.0 cm³/mol. The van der Waals surface area contributed by atoms with Crippen LogP contribution in [-0.2, 0) is 12.0 Å². The van der Waals surface area contributed by atoms with Crippen LogP contribution in [0.5, 0.6) is 5.75 Å². The lowest BCUT2D eigenvalue weighted by Gasteiger charge is -2.31. The second-order valence-corrected chi connectivity index (χ2v) is 7.59. The standard InChI is InChI=1S/C18H27N5O/c1-13-11-19-8-5-15(13)24-14-6-9-23(10-7-14)12-16-20-17(22-21-16)18(2,3)4/h5,8,11,14H,6-7,9-10,12H2,1-4H3,(H,20,21,22). The highest BCUT2D eigenvalue weighted by molar-refractivity contribution is 5.28. The molecule has 1 aliphatic rings. The van der Waals surface area contributed by atoms with Crippen molar-refractivity contribution in [2.75, 3.05) is 13.1 Å². The maximum Gasteiger partial charge on any atom is 0.156 e. The summed E-state index contributed by atoms with van der Waals surface area (Å²) < 4.78 is 6.13. The van der Waals surface area contributed by atoms with Gasteiger partial charge in [-0.25, -0.2) is 4.98 Å². The lowest BCUT2D eigenvalue weighted by atomic mass is 9.96. The van der Waals surface area contributed by atoms with Gasteiger partial charge in [-0.15, -0.1) is 0 Å². The fourth-order valence-corrected chi connectivity index (χ4v) is 2.87. The van der Waals surface area contributed by atoms with Gasteiger partial charge in [0.1, 0.15) is 17.7 Å². The van der Waals surface area contributed by atoms with Crippen molar-refractivity contribution in [2.45, 2.75) is 58.6 Å². The number of hydrogen-bond acceptors (Lipinski definition) is 5. The Morgan fingerprint density at radius 1 is 1.29 bits per heavy atom. The number of aryl methyl sites for hydroxylation is 1. The van der Waals surface area contributed by atoms with Crippen molar-refractivity contribution in [1.82, 2.24) is 25.1 Å². The van der Waals surface area contributed by atoms with Gasteiger partial charge in [-0.2, -0.15) is 5.10 Å². The van der Waals surface area contributed by atoms with Crippen LogP contribution in [0.25, 0.3) is 0 Å². The molecule has 0 aromatic carbocycles. The Labute approximate surface area is 143 Å². The summed E-state index contributed by atoms with van der Waals surface area (Å²) in [6.07, 6.45) is 5.97.